The number of hydrogen-bond acceptors (Lipinski definition) is 6. The normalized spacial score (nSPS) is 18.5. The predicted octanol–water partition coefficient (Wildman–Crippen LogP) is 4.11. The van der Waals surface area contributed by atoms with Crippen LogP contribution in [-0.4, -0.2) is 49.9 Å². The van der Waals surface area contributed by atoms with E-state index >= 15 is 0 Å². The molecule has 1 saturated heterocycles. The molecule has 0 bridgehead atoms. The first kappa shape index (κ1) is 20.5. The first-order valence-electron chi connectivity index (χ1n) is 9.33. The summed E-state index contributed by atoms with van der Waals surface area (Å²) in [7, 11) is 4.75. The minimum Gasteiger partial charge on any atom is -0.493 e. The molecule has 3 rings (SSSR count). The number of likely N-dealkylation sites (tertiary alicyclic amines) is 1. The maximum Gasteiger partial charge on any atom is 0.320 e. The summed E-state index contributed by atoms with van der Waals surface area (Å²) in [6, 6.07) is 5.28. The van der Waals surface area contributed by atoms with Crippen molar-refractivity contribution in [2.75, 3.05) is 27.9 Å². The molecule has 6 nitrogen and oxygen atoms in total. The summed E-state index contributed by atoms with van der Waals surface area (Å²) in [6.07, 6.45) is 2.56. The van der Waals surface area contributed by atoms with Crippen molar-refractivity contribution < 1.29 is 24.1 Å². The molecule has 1 aromatic heterocycles. The van der Waals surface area contributed by atoms with Crippen LogP contribution < -0.4 is 14.2 Å². The SMILES string of the molecule is COc1cc(C(c2cc(C)cs2)N2CCCCC2C(=O)O)cc(OC)c1OC. The van der Waals surface area contributed by atoms with Crippen LogP contribution in [0.2, 0.25) is 0 Å². The van der Waals surface area contributed by atoms with Crippen LogP contribution in [-0.2, 0) is 4.79 Å². The van der Waals surface area contributed by atoms with Gasteiger partial charge < -0.3 is 19.3 Å². The molecule has 1 aromatic carbocycles. The van der Waals surface area contributed by atoms with Gasteiger partial charge in [-0.15, -0.1) is 11.3 Å². The molecule has 1 N–H and O–H groups in total. The van der Waals surface area contributed by atoms with E-state index in [0.717, 1.165) is 29.8 Å². The van der Waals surface area contributed by atoms with Crippen LogP contribution in [0.4, 0.5) is 0 Å². The number of ether oxygens (including phenoxy) is 3. The number of benzene rings is 1. The third-order valence-electron chi connectivity index (χ3n) is 5.18. The lowest BCUT2D eigenvalue weighted by Gasteiger charge is -2.39. The molecule has 7 heteroatoms. The Labute approximate surface area is 169 Å². The Balaban J connectivity index is 2.16. The number of aliphatic carboxylic acids is 1. The largest absolute Gasteiger partial charge is 0.493 e. The molecule has 0 saturated carbocycles. The number of carboxylic acids is 1. The van der Waals surface area contributed by atoms with E-state index in [-0.39, 0.29) is 6.04 Å². The van der Waals surface area contributed by atoms with Crippen LogP contribution in [0.3, 0.4) is 0 Å². The Morgan fingerprint density at radius 2 is 1.82 bits per heavy atom. The van der Waals surface area contributed by atoms with E-state index in [1.807, 2.05) is 12.1 Å². The van der Waals surface area contributed by atoms with Gasteiger partial charge in [0.2, 0.25) is 5.75 Å². The highest BCUT2D eigenvalue weighted by Crippen LogP contribution is 2.44. The highest BCUT2D eigenvalue weighted by molar-refractivity contribution is 7.10. The Morgan fingerprint density at radius 1 is 1.14 bits per heavy atom. The molecule has 1 aliphatic heterocycles. The van der Waals surface area contributed by atoms with Crippen molar-refractivity contribution in [3.63, 3.8) is 0 Å². The zero-order valence-corrected chi connectivity index (χ0v) is 17.5. The van der Waals surface area contributed by atoms with Gasteiger partial charge in [-0.25, -0.2) is 0 Å². The highest BCUT2D eigenvalue weighted by Gasteiger charge is 2.36. The van der Waals surface area contributed by atoms with Gasteiger partial charge >= 0.3 is 5.97 Å². The summed E-state index contributed by atoms with van der Waals surface area (Å²) < 4.78 is 16.5. The van der Waals surface area contributed by atoms with E-state index in [2.05, 4.69) is 23.3 Å². The maximum atomic E-state index is 12.0. The van der Waals surface area contributed by atoms with Crippen molar-refractivity contribution in [1.82, 2.24) is 4.90 Å². The molecule has 2 aromatic rings. The Bertz CT molecular complexity index is 809. The molecule has 0 spiro atoms. The number of thiophene rings is 1. The van der Waals surface area contributed by atoms with E-state index in [4.69, 9.17) is 14.2 Å². The number of rotatable bonds is 7. The second-order valence-electron chi connectivity index (χ2n) is 6.98. The number of nitrogens with zero attached hydrogens (tertiary/aromatic N) is 1. The van der Waals surface area contributed by atoms with Crippen LogP contribution in [0.15, 0.2) is 23.6 Å². The van der Waals surface area contributed by atoms with Gasteiger partial charge in [0.15, 0.2) is 11.5 Å². The summed E-state index contributed by atoms with van der Waals surface area (Å²) in [5.74, 6) is 0.895. The number of carbonyl (C=O) groups is 1. The minimum atomic E-state index is -0.773. The van der Waals surface area contributed by atoms with Crippen molar-refractivity contribution in [3.8, 4) is 17.2 Å². The number of hydrogen-bond donors (Lipinski definition) is 1. The molecule has 0 radical (unpaired) electrons. The zero-order chi connectivity index (χ0) is 20.3. The van der Waals surface area contributed by atoms with Gasteiger partial charge in [0.25, 0.3) is 0 Å². The minimum absolute atomic E-state index is 0.186. The number of aryl methyl sites for hydroxylation is 1. The van der Waals surface area contributed by atoms with Crippen LogP contribution >= 0.6 is 11.3 Å². The first-order chi connectivity index (χ1) is 13.5. The van der Waals surface area contributed by atoms with Gasteiger partial charge in [0.05, 0.1) is 27.4 Å². The summed E-state index contributed by atoms with van der Waals surface area (Å²) >= 11 is 1.65. The summed E-state index contributed by atoms with van der Waals surface area (Å²) in [5, 5.41) is 11.9. The predicted molar refractivity (Wildman–Crippen MR) is 109 cm³/mol. The van der Waals surface area contributed by atoms with Crippen LogP contribution in [0.25, 0.3) is 0 Å². The van der Waals surface area contributed by atoms with Crippen molar-refractivity contribution >= 4 is 17.3 Å². The first-order valence-corrected chi connectivity index (χ1v) is 10.2. The fourth-order valence-corrected chi connectivity index (χ4v) is 4.95. The van der Waals surface area contributed by atoms with Crippen LogP contribution in [0.5, 0.6) is 17.2 Å². The standard InChI is InChI=1S/C21H27NO5S/c1-13-9-18(28-12-13)19(22-8-6-5-7-15(22)21(23)24)14-10-16(25-2)20(27-4)17(11-14)26-3/h9-12,15,19H,5-8H2,1-4H3,(H,23,24). The van der Waals surface area contributed by atoms with E-state index < -0.39 is 12.0 Å². The topological polar surface area (TPSA) is 68.2 Å². The summed E-state index contributed by atoms with van der Waals surface area (Å²) in [4.78, 5) is 15.2. The Hall–Kier alpha value is -2.25. The second-order valence-corrected chi connectivity index (χ2v) is 7.92. The average Bonchev–Trinajstić information content (AvgIpc) is 3.13. The molecular formula is C21H27NO5S. The summed E-state index contributed by atoms with van der Waals surface area (Å²) in [6.45, 7) is 2.78. The molecule has 2 heterocycles. The van der Waals surface area contributed by atoms with Gasteiger partial charge in [0.1, 0.15) is 6.04 Å². The molecule has 152 valence electrons. The molecular weight excluding hydrogens is 378 g/mol. The fourth-order valence-electron chi connectivity index (χ4n) is 3.90. The number of piperidine rings is 1. The van der Waals surface area contributed by atoms with Gasteiger partial charge in [-0.1, -0.05) is 6.42 Å². The van der Waals surface area contributed by atoms with Gasteiger partial charge in [-0.2, -0.15) is 0 Å². The quantitative estimate of drug-likeness (QED) is 0.748. The molecule has 28 heavy (non-hydrogen) atoms. The lowest BCUT2D eigenvalue weighted by molar-refractivity contribution is -0.145. The smallest absolute Gasteiger partial charge is 0.320 e. The lowest BCUT2D eigenvalue weighted by atomic mass is 9.94. The molecule has 2 unspecified atom stereocenters. The van der Waals surface area contributed by atoms with E-state index in [1.165, 1.54) is 5.56 Å². The Kier molecular flexibility index (Phi) is 6.46. The van der Waals surface area contributed by atoms with Crippen molar-refractivity contribution in [3.05, 3.63) is 39.6 Å². The Morgan fingerprint density at radius 3 is 2.32 bits per heavy atom. The molecule has 0 aliphatic carbocycles. The van der Waals surface area contributed by atoms with Crippen molar-refractivity contribution in [1.29, 1.82) is 0 Å². The van der Waals surface area contributed by atoms with E-state index in [0.29, 0.717) is 23.7 Å². The van der Waals surface area contributed by atoms with Gasteiger partial charge in [-0.3, -0.25) is 9.69 Å². The third-order valence-corrected chi connectivity index (χ3v) is 6.29. The monoisotopic (exact) mass is 405 g/mol. The van der Waals surface area contributed by atoms with Crippen LogP contribution in [0, 0.1) is 6.92 Å². The molecule has 0 amide bonds. The fraction of sp³-hybridized carbons (Fsp3) is 0.476. The summed E-state index contributed by atoms with van der Waals surface area (Å²) in [5.41, 5.74) is 2.10. The number of methoxy groups -OCH3 is 3. The van der Waals surface area contributed by atoms with Crippen molar-refractivity contribution in [2.45, 2.75) is 38.3 Å². The van der Waals surface area contributed by atoms with Gasteiger partial charge in [-0.05, 0) is 61.0 Å². The third kappa shape index (κ3) is 3.95. The molecule has 2 atom stereocenters. The van der Waals surface area contributed by atoms with Crippen molar-refractivity contribution in [2.24, 2.45) is 0 Å². The number of carboxylic acid groups (broad SMARTS) is 1. The molecule has 1 aliphatic rings. The lowest BCUT2D eigenvalue weighted by Crippen LogP contribution is -2.46. The average molecular weight is 406 g/mol. The second kappa shape index (κ2) is 8.84. The maximum absolute atomic E-state index is 12.0. The molecule has 1 fully saturated rings. The zero-order valence-electron chi connectivity index (χ0n) is 16.7. The van der Waals surface area contributed by atoms with E-state index in [1.54, 1.807) is 32.7 Å². The van der Waals surface area contributed by atoms with E-state index in [9.17, 15) is 9.90 Å². The van der Waals surface area contributed by atoms with Crippen LogP contribution in [0.1, 0.15) is 41.3 Å². The highest BCUT2D eigenvalue weighted by atomic mass is 32.1. The van der Waals surface area contributed by atoms with Gasteiger partial charge in [0, 0.05) is 4.88 Å².